The molecule has 0 fully saturated rings. The summed E-state index contributed by atoms with van der Waals surface area (Å²) in [6.07, 6.45) is 0.928. The molecule has 180 valence electrons. The molecule has 1 amide bonds. The summed E-state index contributed by atoms with van der Waals surface area (Å²) in [7, 11) is 0.601. The summed E-state index contributed by atoms with van der Waals surface area (Å²) in [5, 5.41) is 11.9. The Morgan fingerprint density at radius 3 is 2.24 bits per heavy atom. The fourth-order valence-electron chi connectivity index (χ4n) is 2.97. The summed E-state index contributed by atoms with van der Waals surface area (Å²) < 4.78 is 31.1. The van der Waals surface area contributed by atoms with E-state index in [0.717, 1.165) is 16.3 Å². The van der Waals surface area contributed by atoms with E-state index in [4.69, 9.17) is 9.84 Å². The molecule has 0 saturated heterocycles. The number of hydrogen-bond acceptors (Lipinski definition) is 7. The lowest BCUT2D eigenvalue weighted by Gasteiger charge is -2.18. The smallest absolute Gasteiger partial charge is 0.340 e. The summed E-state index contributed by atoms with van der Waals surface area (Å²) in [5.41, 5.74) is 2.40. The van der Waals surface area contributed by atoms with E-state index < -0.39 is 28.5 Å². The van der Waals surface area contributed by atoms with Crippen LogP contribution in [0.4, 0.5) is 5.69 Å². The van der Waals surface area contributed by atoms with Gasteiger partial charge < -0.3 is 20.1 Å². The molecule has 2 N–H and O–H groups in total. The van der Waals surface area contributed by atoms with Gasteiger partial charge in [-0.25, -0.2) is 17.5 Å². The van der Waals surface area contributed by atoms with Crippen LogP contribution in [0.2, 0.25) is 0 Å². The van der Waals surface area contributed by atoms with Gasteiger partial charge in [-0.1, -0.05) is 31.2 Å². The van der Waals surface area contributed by atoms with Crippen molar-refractivity contribution in [3.8, 4) is 0 Å². The second kappa shape index (κ2) is 11.8. The number of benzene rings is 2. The summed E-state index contributed by atoms with van der Waals surface area (Å²) in [4.78, 5) is 26.6. The Bertz CT molecular complexity index is 1070. The molecule has 0 unspecified atom stereocenters. The van der Waals surface area contributed by atoms with Gasteiger partial charge in [0, 0.05) is 39.9 Å². The van der Waals surface area contributed by atoms with Crippen LogP contribution >= 0.6 is 0 Å². The van der Waals surface area contributed by atoms with E-state index in [1.54, 1.807) is 7.05 Å². The van der Waals surface area contributed by atoms with Crippen molar-refractivity contribution in [1.29, 1.82) is 0 Å². The number of amides is 1. The number of nitrogens with one attached hydrogen (secondary N) is 1. The van der Waals surface area contributed by atoms with Gasteiger partial charge in [-0.2, -0.15) is 0 Å². The van der Waals surface area contributed by atoms with E-state index in [-0.39, 0.29) is 23.6 Å². The van der Waals surface area contributed by atoms with Crippen LogP contribution in [0.5, 0.6) is 0 Å². The number of hydrogen-bond donors (Lipinski definition) is 2. The minimum Gasteiger partial charge on any atom is -0.452 e. The first-order valence-corrected chi connectivity index (χ1v) is 11.9. The molecule has 0 radical (unpaired) electrons. The Morgan fingerprint density at radius 1 is 1.03 bits per heavy atom. The van der Waals surface area contributed by atoms with E-state index in [1.165, 1.54) is 42.8 Å². The second-order valence-corrected chi connectivity index (χ2v) is 9.79. The SMILES string of the molecule is CCc1ccc(CN(C)C(=O)COC(=O)c2cc(S(=O)(=O)N(C)C)ccc2NCCO)cc1. The average Bonchev–Trinajstić information content (AvgIpc) is 2.81. The number of anilines is 1. The number of rotatable bonds is 11. The summed E-state index contributed by atoms with van der Waals surface area (Å²) >= 11 is 0. The predicted molar refractivity (Wildman–Crippen MR) is 125 cm³/mol. The van der Waals surface area contributed by atoms with Gasteiger partial charge in [-0.15, -0.1) is 0 Å². The third kappa shape index (κ3) is 7.01. The number of aryl methyl sites for hydroxylation is 1. The maximum absolute atomic E-state index is 12.7. The van der Waals surface area contributed by atoms with Crippen LogP contribution in [0, 0.1) is 0 Å². The molecule has 0 bridgehead atoms. The topological polar surface area (TPSA) is 116 Å². The summed E-state index contributed by atoms with van der Waals surface area (Å²) in [5.74, 6) is -1.25. The van der Waals surface area contributed by atoms with E-state index in [1.807, 2.05) is 24.3 Å². The van der Waals surface area contributed by atoms with Gasteiger partial charge in [0.2, 0.25) is 10.0 Å². The highest BCUT2D eigenvalue weighted by Crippen LogP contribution is 2.23. The molecule has 0 saturated carbocycles. The van der Waals surface area contributed by atoms with Crippen LogP contribution in [0.1, 0.15) is 28.4 Å². The van der Waals surface area contributed by atoms with Crippen LogP contribution < -0.4 is 5.32 Å². The third-order valence-corrected chi connectivity index (χ3v) is 6.83. The number of carbonyl (C=O) groups is 2. The van der Waals surface area contributed by atoms with Crippen molar-refractivity contribution >= 4 is 27.6 Å². The molecular formula is C23H31N3O6S. The Hall–Kier alpha value is -2.95. The number of aliphatic hydroxyl groups is 1. The van der Waals surface area contributed by atoms with Crippen molar-refractivity contribution in [3.05, 3.63) is 59.2 Å². The maximum Gasteiger partial charge on any atom is 0.340 e. The molecule has 0 heterocycles. The fraction of sp³-hybridized carbons (Fsp3) is 0.391. The zero-order valence-corrected chi connectivity index (χ0v) is 20.2. The molecule has 0 aromatic heterocycles. The summed E-state index contributed by atoms with van der Waals surface area (Å²) in [6, 6.07) is 11.9. The molecule has 0 aliphatic carbocycles. The first-order chi connectivity index (χ1) is 15.6. The van der Waals surface area contributed by atoms with Gasteiger partial charge in [0.05, 0.1) is 17.1 Å². The van der Waals surface area contributed by atoms with E-state index in [0.29, 0.717) is 12.2 Å². The minimum absolute atomic E-state index is 0.0445. The highest BCUT2D eigenvalue weighted by atomic mass is 32.2. The Kier molecular flexibility index (Phi) is 9.39. The second-order valence-electron chi connectivity index (χ2n) is 7.64. The molecule has 2 aromatic carbocycles. The van der Waals surface area contributed by atoms with Crippen molar-refractivity contribution in [2.45, 2.75) is 24.8 Å². The number of sulfonamides is 1. The highest BCUT2D eigenvalue weighted by Gasteiger charge is 2.23. The Balaban J connectivity index is 2.12. The predicted octanol–water partition coefficient (Wildman–Crippen LogP) is 1.72. The molecule has 2 rings (SSSR count). The first-order valence-electron chi connectivity index (χ1n) is 10.5. The molecule has 2 aromatic rings. The fourth-order valence-corrected chi connectivity index (χ4v) is 3.89. The van der Waals surface area contributed by atoms with Gasteiger partial charge >= 0.3 is 5.97 Å². The lowest BCUT2D eigenvalue weighted by molar-refractivity contribution is -0.133. The minimum atomic E-state index is -3.78. The number of likely N-dealkylation sites (N-methyl/N-ethyl adjacent to an activating group) is 1. The molecule has 10 heteroatoms. The van der Waals surface area contributed by atoms with E-state index >= 15 is 0 Å². The maximum atomic E-state index is 12.7. The number of ether oxygens (including phenoxy) is 1. The highest BCUT2D eigenvalue weighted by molar-refractivity contribution is 7.89. The number of esters is 1. The Morgan fingerprint density at radius 2 is 1.67 bits per heavy atom. The lowest BCUT2D eigenvalue weighted by Crippen LogP contribution is -2.31. The molecule has 0 aliphatic rings. The molecule has 0 atom stereocenters. The normalized spacial score (nSPS) is 11.3. The van der Waals surface area contributed by atoms with E-state index in [2.05, 4.69) is 12.2 Å². The van der Waals surface area contributed by atoms with Crippen molar-refractivity contribution in [2.24, 2.45) is 0 Å². The number of aliphatic hydroxyl groups excluding tert-OH is 1. The van der Waals surface area contributed by atoms with Crippen molar-refractivity contribution in [3.63, 3.8) is 0 Å². The zero-order valence-electron chi connectivity index (χ0n) is 19.4. The van der Waals surface area contributed by atoms with Gasteiger partial charge in [-0.3, -0.25) is 4.79 Å². The van der Waals surface area contributed by atoms with Crippen LogP contribution in [0.3, 0.4) is 0 Å². The largest absolute Gasteiger partial charge is 0.452 e. The number of nitrogens with zero attached hydrogens (tertiary/aromatic N) is 2. The molecule has 33 heavy (non-hydrogen) atoms. The van der Waals surface area contributed by atoms with Crippen LogP contribution in [0.25, 0.3) is 0 Å². The van der Waals surface area contributed by atoms with Gasteiger partial charge in [-0.05, 0) is 35.7 Å². The number of carbonyl (C=O) groups excluding carboxylic acids is 2. The van der Waals surface area contributed by atoms with Crippen LogP contribution in [0.15, 0.2) is 47.4 Å². The van der Waals surface area contributed by atoms with Crippen molar-refractivity contribution in [1.82, 2.24) is 9.21 Å². The molecular weight excluding hydrogens is 446 g/mol. The van der Waals surface area contributed by atoms with Crippen molar-refractivity contribution in [2.75, 3.05) is 46.2 Å². The molecule has 9 nitrogen and oxygen atoms in total. The first kappa shape index (κ1) is 26.3. The molecule has 0 aliphatic heterocycles. The van der Waals surface area contributed by atoms with Crippen molar-refractivity contribution < 1.29 is 27.9 Å². The third-order valence-electron chi connectivity index (χ3n) is 5.02. The summed E-state index contributed by atoms with van der Waals surface area (Å²) in [6.45, 7) is 1.90. The quantitative estimate of drug-likeness (QED) is 0.473. The monoisotopic (exact) mass is 477 g/mol. The van der Waals surface area contributed by atoms with E-state index in [9.17, 15) is 18.0 Å². The van der Waals surface area contributed by atoms with Crippen LogP contribution in [-0.4, -0.2) is 75.5 Å². The van der Waals surface area contributed by atoms with Crippen LogP contribution in [-0.2, 0) is 32.5 Å². The molecule has 0 spiro atoms. The average molecular weight is 478 g/mol. The van der Waals surface area contributed by atoms with Gasteiger partial charge in [0.1, 0.15) is 0 Å². The van der Waals surface area contributed by atoms with Gasteiger partial charge in [0.15, 0.2) is 6.61 Å². The van der Waals surface area contributed by atoms with Gasteiger partial charge in [0.25, 0.3) is 5.91 Å². The Labute approximate surface area is 195 Å². The standard InChI is InChI=1S/C23H31N3O6S/c1-5-17-6-8-18(9-7-17)15-26(4)22(28)16-32-23(29)20-14-19(33(30,31)25(2)3)10-11-21(20)24-12-13-27/h6-11,14,24,27H,5,12-13,15-16H2,1-4H3. The lowest BCUT2D eigenvalue weighted by atomic mass is 10.1. The zero-order chi connectivity index (χ0) is 24.6.